The van der Waals surface area contributed by atoms with Gasteiger partial charge in [-0.2, -0.15) is 10.1 Å². The van der Waals surface area contributed by atoms with Gasteiger partial charge in [0.1, 0.15) is 0 Å². The Morgan fingerprint density at radius 1 is 1.04 bits per heavy atom. The minimum atomic E-state index is 0.402. The Morgan fingerprint density at radius 2 is 1.85 bits per heavy atom. The fraction of sp³-hybridized carbons (Fsp3) is 0.250. The van der Waals surface area contributed by atoms with Crippen LogP contribution >= 0.6 is 11.6 Å². The van der Waals surface area contributed by atoms with Crippen LogP contribution in [0.25, 0.3) is 0 Å². The molecule has 1 aromatic heterocycles. The average molecular weight is 383 g/mol. The van der Waals surface area contributed by atoms with Crippen molar-refractivity contribution >= 4 is 40.4 Å². The molecule has 6 nitrogen and oxygen atoms in total. The molecule has 0 radical (unpaired) electrons. The Balaban J connectivity index is 1.76. The summed E-state index contributed by atoms with van der Waals surface area (Å²) >= 11 is 6.01. The highest BCUT2D eigenvalue weighted by molar-refractivity contribution is 6.30. The molecule has 3 rings (SSSR count). The minimum Gasteiger partial charge on any atom is -0.372 e. The first-order chi connectivity index (χ1) is 13.1. The normalized spacial score (nSPS) is 10.5. The van der Waals surface area contributed by atoms with Gasteiger partial charge in [-0.1, -0.05) is 17.7 Å². The monoisotopic (exact) mass is 382 g/mol. The van der Waals surface area contributed by atoms with Crippen LogP contribution in [0.1, 0.15) is 19.4 Å². The minimum absolute atomic E-state index is 0.402. The molecule has 0 aliphatic carbocycles. The lowest BCUT2D eigenvalue weighted by molar-refractivity contribution is 0.866. The molecule has 0 spiro atoms. The highest BCUT2D eigenvalue weighted by Crippen LogP contribution is 2.25. The van der Waals surface area contributed by atoms with Gasteiger partial charge in [-0.3, -0.25) is 0 Å². The number of aromatic nitrogens is 3. The molecule has 2 N–H and O–H groups in total. The topological polar surface area (TPSA) is 66.0 Å². The summed E-state index contributed by atoms with van der Waals surface area (Å²) in [5.74, 6) is 1.02. The van der Waals surface area contributed by atoms with Gasteiger partial charge in [-0.25, -0.2) is 0 Å². The fourth-order valence-electron chi connectivity index (χ4n) is 2.82. The average Bonchev–Trinajstić information content (AvgIpc) is 2.65. The summed E-state index contributed by atoms with van der Waals surface area (Å²) in [5.41, 5.74) is 4.15. The maximum absolute atomic E-state index is 6.01. The summed E-state index contributed by atoms with van der Waals surface area (Å²) in [6.07, 6.45) is 1.60. The molecule has 7 heteroatoms. The van der Waals surface area contributed by atoms with E-state index in [1.54, 1.807) is 12.3 Å². The molecule has 0 unspecified atom stereocenters. The quantitative estimate of drug-likeness (QED) is 0.587. The van der Waals surface area contributed by atoms with E-state index >= 15 is 0 Å². The Labute approximate surface area is 164 Å². The van der Waals surface area contributed by atoms with E-state index in [1.807, 2.05) is 18.2 Å². The van der Waals surface area contributed by atoms with Gasteiger partial charge in [0, 0.05) is 35.2 Å². The Kier molecular flexibility index (Phi) is 6.08. The summed E-state index contributed by atoms with van der Waals surface area (Å²) < 4.78 is 0. The molecule has 140 valence electrons. The Morgan fingerprint density at radius 3 is 2.56 bits per heavy atom. The molecule has 1 heterocycles. The van der Waals surface area contributed by atoms with Crippen LogP contribution in [0.15, 0.2) is 48.7 Å². The van der Waals surface area contributed by atoms with Crippen LogP contribution in [-0.4, -0.2) is 28.3 Å². The molecule has 0 aliphatic rings. The molecule has 3 aromatic rings. The van der Waals surface area contributed by atoms with Gasteiger partial charge in [0.15, 0.2) is 5.82 Å². The van der Waals surface area contributed by atoms with Crippen LogP contribution in [-0.2, 0) is 0 Å². The molecule has 0 saturated heterocycles. The third kappa shape index (κ3) is 4.86. The summed E-state index contributed by atoms with van der Waals surface area (Å²) in [6.45, 7) is 8.36. The van der Waals surface area contributed by atoms with Crippen LogP contribution in [0.3, 0.4) is 0 Å². The predicted molar refractivity (Wildman–Crippen MR) is 113 cm³/mol. The number of nitrogens with zero attached hydrogens (tertiary/aromatic N) is 4. The molecule has 2 aromatic carbocycles. The van der Waals surface area contributed by atoms with Crippen LogP contribution in [0, 0.1) is 6.92 Å². The number of nitrogens with one attached hydrogen (secondary N) is 2. The van der Waals surface area contributed by atoms with E-state index in [-0.39, 0.29) is 0 Å². The molecule has 0 aliphatic heterocycles. The van der Waals surface area contributed by atoms with Gasteiger partial charge in [0.25, 0.3) is 0 Å². The van der Waals surface area contributed by atoms with Crippen LogP contribution in [0.5, 0.6) is 0 Å². The van der Waals surface area contributed by atoms with Crippen molar-refractivity contribution in [3.8, 4) is 0 Å². The maximum Gasteiger partial charge on any atom is 0.249 e. The molecule has 0 fully saturated rings. The molecular weight excluding hydrogens is 360 g/mol. The van der Waals surface area contributed by atoms with Crippen LogP contribution in [0.2, 0.25) is 5.02 Å². The lowest BCUT2D eigenvalue weighted by atomic mass is 10.1. The molecule has 27 heavy (non-hydrogen) atoms. The third-order valence-electron chi connectivity index (χ3n) is 4.24. The van der Waals surface area contributed by atoms with E-state index in [0.717, 1.165) is 30.0 Å². The van der Waals surface area contributed by atoms with Crippen molar-refractivity contribution in [1.29, 1.82) is 0 Å². The second-order valence-corrected chi connectivity index (χ2v) is 6.53. The van der Waals surface area contributed by atoms with Crippen molar-refractivity contribution in [2.24, 2.45) is 0 Å². The predicted octanol–water partition coefficient (Wildman–Crippen LogP) is 5.17. The number of anilines is 5. The molecular formula is C20H23ClN6. The van der Waals surface area contributed by atoms with Gasteiger partial charge in [0.05, 0.1) is 6.20 Å². The Bertz CT molecular complexity index is 910. The smallest absolute Gasteiger partial charge is 0.249 e. The highest BCUT2D eigenvalue weighted by atomic mass is 35.5. The van der Waals surface area contributed by atoms with Crippen molar-refractivity contribution in [3.05, 3.63) is 59.2 Å². The molecule has 0 atom stereocenters. The number of benzene rings is 2. The van der Waals surface area contributed by atoms with Crippen molar-refractivity contribution in [2.45, 2.75) is 20.8 Å². The van der Waals surface area contributed by atoms with Crippen LogP contribution < -0.4 is 15.5 Å². The van der Waals surface area contributed by atoms with E-state index in [2.05, 4.69) is 69.7 Å². The standard InChI is InChI=1S/C20H23ClN6/c1-4-27(5-2)17-9-10-18(14(3)11-17)24-19-13-22-26-20(25-19)23-16-8-6-7-15(21)12-16/h6-13H,4-5H2,1-3H3,(H2,23,24,25,26). The zero-order valence-electron chi connectivity index (χ0n) is 15.7. The van der Waals surface area contributed by atoms with Gasteiger partial charge in [0.2, 0.25) is 5.95 Å². The largest absolute Gasteiger partial charge is 0.372 e. The first kappa shape index (κ1) is 18.9. The third-order valence-corrected chi connectivity index (χ3v) is 4.48. The zero-order chi connectivity index (χ0) is 19.2. The molecule has 0 saturated carbocycles. The number of aryl methyl sites for hydroxylation is 1. The zero-order valence-corrected chi connectivity index (χ0v) is 16.5. The van der Waals surface area contributed by atoms with E-state index in [9.17, 15) is 0 Å². The van der Waals surface area contributed by atoms with Gasteiger partial charge in [-0.05, 0) is 62.7 Å². The summed E-state index contributed by atoms with van der Waals surface area (Å²) in [4.78, 5) is 6.79. The lowest BCUT2D eigenvalue weighted by Crippen LogP contribution is -2.21. The van der Waals surface area contributed by atoms with E-state index < -0.39 is 0 Å². The first-order valence-electron chi connectivity index (χ1n) is 8.94. The second kappa shape index (κ2) is 8.68. The van der Waals surface area contributed by atoms with Crippen molar-refractivity contribution in [3.63, 3.8) is 0 Å². The highest BCUT2D eigenvalue weighted by Gasteiger charge is 2.07. The van der Waals surface area contributed by atoms with Gasteiger partial charge >= 0.3 is 0 Å². The van der Waals surface area contributed by atoms with Crippen molar-refractivity contribution in [1.82, 2.24) is 15.2 Å². The van der Waals surface area contributed by atoms with Gasteiger partial charge < -0.3 is 15.5 Å². The number of rotatable bonds is 7. The molecule has 0 amide bonds. The Hall–Kier alpha value is -2.86. The second-order valence-electron chi connectivity index (χ2n) is 6.10. The number of hydrogen-bond donors (Lipinski definition) is 2. The van der Waals surface area contributed by atoms with Crippen molar-refractivity contribution < 1.29 is 0 Å². The van der Waals surface area contributed by atoms with Crippen LogP contribution in [0.4, 0.5) is 28.8 Å². The summed E-state index contributed by atoms with van der Waals surface area (Å²) in [7, 11) is 0. The van der Waals surface area contributed by atoms with E-state index in [4.69, 9.17) is 11.6 Å². The first-order valence-corrected chi connectivity index (χ1v) is 9.31. The van der Waals surface area contributed by atoms with E-state index in [1.165, 1.54) is 5.69 Å². The fourth-order valence-corrected chi connectivity index (χ4v) is 3.01. The summed E-state index contributed by atoms with van der Waals surface area (Å²) in [5, 5.41) is 15.1. The number of hydrogen-bond acceptors (Lipinski definition) is 6. The van der Waals surface area contributed by atoms with E-state index in [0.29, 0.717) is 16.8 Å². The SMILES string of the molecule is CCN(CC)c1ccc(Nc2cnnc(Nc3cccc(Cl)c3)n2)c(C)c1. The van der Waals surface area contributed by atoms with Crippen molar-refractivity contribution in [2.75, 3.05) is 28.6 Å². The molecule has 0 bridgehead atoms. The maximum atomic E-state index is 6.01. The van der Waals surface area contributed by atoms with Gasteiger partial charge in [-0.15, -0.1) is 5.10 Å². The number of halogens is 1. The lowest BCUT2D eigenvalue weighted by Gasteiger charge is -2.22. The summed E-state index contributed by atoms with van der Waals surface area (Å²) in [6, 6.07) is 13.7.